The SMILES string of the molecule is COc1ccc(C(Sc2cc(C)ccc2C)C(C)N)cc1. The zero-order valence-corrected chi connectivity index (χ0v) is 13.9. The van der Waals surface area contributed by atoms with Gasteiger partial charge in [-0.1, -0.05) is 29.8 Å². The standard InChI is InChI=1S/C18H23NOS/c1-12-5-6-13(2)17(11-12)21-18(14(3)19)15-7-9-16(20-4)10-8-15/h5-11,14,18H,19H2,1-4H3. The molecule has 2 atom stereocenters. The lowest BCUT2D eigenvalue weighted by atomic mass is 10.1. The molecule has 21 heavy (non-hydrogen) atoms. The van der Waals surface area contributed by atoms with E-state index in [-0.39, 0.29) is 11.3 Å². The van der Waals surface area contributed by atoms with Gasteiger partial charge in [-0.3, -0.25) is 0 Å². The highest BCUT2D eigenvalue weighted by atomic mass is 32.2. The second kappa shape index (κ2) is 7.01. The summed E-state index contributed by atoms with van der Waals surface area (Å²) in [7, 11) is 1.68. The molecule has 0 aliphatic carbocycles. The number of ether oxygens (including phenoxy) is 1. The summed E-state index contributed by atoms with van der Waals surface area (Å²) in [5.74, 6) is 0.874. The van der Waals surface area contributed by atoms with Gasteiger partial charge in [0.15, 0.2) is 0 Å². The third-order valence-corrected chi connectivity index (χ3v) is 5.17. The van der Waals surface area contributed by atoms with Crippen LogP contribution in [0.15, 0.2) is 47.4 Å². The van der Waals surface area contributed by atoms with E-state index < -0.39 is 0 Å². The molecule has 2 aromatic carbocycles. The van der Waals surface area contributed by atoms with Crippen LogP contribution >= 0.6 is 11.8 Å². The minimum absolute atomic E-state index is 0.0725. The number of thioether (sulfide) groups is 1. The molecule has 0 aromatic heterocycles. The van der Waals surface area contributed by atoms with Gasteiger partial charge in [-0.15, -0.1) is 11.8 Å². The molecule has 0 amide bonds. The molecule has 0 fully saturated rings. The van der Waals surface area contributed by atoms with Crippen LogP contribution in [0.3, 0.4) is 0 Å². The summed E-state index contributed by atoms with van der Waals surface area (Å²) in [6.45, 7) is 6.33. The molecule has 0 saturated carbocycles. The predicted molar refractivity (Wildman–Crippen MR) is 91.2 cm³/mol. The Hall–Kier alpha value is -1.45. The third kappa shape index (κ3) is 4.02. The van der Waals surface area contributed by atoms with Gasteiger partial charge in [0, 0.05) is 16.2 Å². The van der Waals surface area contributed by atoms with Crippen LogP contribution in [0, 0.1) is 13.8 Å². The molecule has 0 bridgehead atoms. The molecule has 0 aliphatic rings. The minimum Gasteiger partial charge on any atom is -0.497 e. The molecule has 112 valence electrons. The van der Waals surface area contributed by atoms with E-state index in [0.29, 0.717) is 0 Å². The number of rotatable bonds is 5. The Labute approximate surface area is 131 Å². The van der Waals surface area contributed by atoms with Crippen LogP contribution in [0.2, 0.25) is 0 Å². The molecule has 2 unspecified atom stereocenters. The number of aryl methyl sites for hydroxylation is 2. The molecule has 2 nitrogen and oxygen atoms in total. The van der Waals surface area contributed by atoms with Gasteiger partial charge in [0.2, 0.25) is 0 Å². The Bertz CT molecular complexity index is 593. The Balaban J connectivity index is 2.28. The van der Waals surface area contributed by atoms with Gasteiger partial charge < -0.3 is 10.5 Å². The van der Waals surface area contributed by atoms with Crippen LogP contribution in [0.1, 0.15) is 28.9 Å². The highest BCUT2D eigenvalue weighted by Crippen LogP contribution is 2.39. The number of benzene rings is 2. The molecule has 0 saturated heterocycles. The quantitative estimate of drug-likeness (QED) is 0.826. The zero-order chi connectivity index (χ0) is 15.4. The highest BCUT2D eigenvalue weighted by molar-refractivity contribution is 7.99. The van der Waals surface area contributed by atoms with Gasteiger partial charge in [0.25, 0.3) is 0 Å². The second-order valence-corrected chi connectivity index (χ2v) is 6.62. The molecular formula is C18H23NOS. The fourth-order valence-corrected chi connectivity index (χ4v) is 3.53. The predicted octanol–water partition coefficient (Wildman–Crippen LogP) is 4.49. The van der Waals surface area contributed by atoms with Gasteiger partial charge in [-0.05, 0) is 50.1 Å². The maximum atomic E-state index is 6.22. The second-order valence-electron chi connectivity index (χ2n) is 5.44. The molecule has 0 aliphatic heterocycles. The summed E-state index contributed by atoms with van der Waals surface area (Å²) in [6.07, 6.45) is 0. The third-order valence-electron chi connectivity index (χ3n) is 3.52. The van der Waals surface area contributed by atoms with E-state index in [0.717, 1.165) is 5.75 Å². The van der Waals surface area contributed by atoms with Crippen molar-refractivity contribution in [3.05, 3.63) is 59.2 Å². The summed E-state index contributed by atoms with van der Waals surface area (Å²) in [4.78, 5) is 1.30. The molecule has 3 heteroatoms. The van der Waals surface area contributed by atoms with Crippen molar-refractivity contribution in [1.29, 1.82) is 0 Å². The first-order chi connectivity index (χ1) is 10.0. The van der Waals surface area contributed by atoms with E-state index in [1.165, 1.54) is 21.6 Å². The summed E-state index contributed by atoms with van der Waals surface area (Å²) >= 11 is 1.84. The van der Waals surface area contributed by atoms with E-state index in [1.54, 1.807) is 7.11 Å². The number of nitrogens with two attached hydrogens (primary N) is 1. The molecule has 2 rings (SSSR count). The Kier molecular flexibility index (Phi) is 5.32. The molecule has 0 heterocycles. The van der Waals surface area contributed by atoms with Crippen molar-refractivity contribution in [2.45, 2.75) is 37.0 Å². The highest BCUT2D eigenvalue weighted by Gasteiger charge is 2.18. The lowest BCUT2D eigenvalue weighted by molar-refractivity contribution is 0.414. The fourth-order valence-electron chi connectivity index (χ4n) is 2.24. The van der Waals surface area contributed by atoms with Crippen molar-refractivity contribution in [2.24, 2.45) is 5.73 Å². The molecule has 2 aromatic rings. The van der Waals surface area contributed by atoms with Crippen molar-refractivity contribution in [2.75, 3.05) is 7.11 Å². The summed E-state index contributed by atoms with van der Waals surface area (Å²) in [5.41, 5.74) is 10.0. The van der Waals surface area contributed by atoms with Crippen LogP contribution in [-0.4, -0.2) is 13.2 Å². The first kappa shape index (κ1) is 15.9. The smallest absolute Gasteiger partial charge is 0.118 e. The number of hydrogen-bond acceptors (Lipinski definition) is 3. The van der Waals surface area contributed by atoms with E-state index >= 15 is 0 Å². The van der Waals surface area contributed by atoms with Crippen LogP contribution in [0.25, 0.3) is 0 Å². The maximum absolute atomic E-state index is 6.22. The molecule has 0 spiro atoms. The van der Waals surface area contributed by atoms with Crippen LogP contribution < -0.4 is 10.5 Å². The van der Waals surface area contributed by atoms with E-state index in [1.807, 2.05) is 23.9 Å². The average Bonchev–Trinajstić information content (AvgIpc) is 2.48. The van der Waals surface area contributed by atoms with Gasteiger partial charge in [-0.2, -0.15) is 0 Å². The minimum atomic E-state index is 0.0725. The van der Waals surface area contributed by atoms with Gasteiger partial charge >= 0.3 is 0 Å². The van der Waals surface area contributed by atoms with Gasteiger partial charge in [0.1, 0.15) is 5.75 Å². The zero-order valence-electron chi connectivity index (χ0n) is 13.1. The largest absolute Gasteiger partial charge is 0.497 e. The normalized spacial score (nSPS) is 13.8. The van der Waals surface area contributed by atoms with Crippen LogP contribution in [-0.2, 0) is 0 Å². The average molecular weight is 301 g/mol. The van der Waals surface area contributed by atoms with Gasteiger partial charge in [-0.25, -0.2) is 0 Å². The number of methoxy groups -OCH3 is 1. The lowest BCUT2D eigenvalue weighted by Crippen LogP contribution is -2.22. The first-order valence-electron chi connectivity index (χ1n) is 7.14. The first-order valence-corrected chi connectivity index (χ1v) is 8.02. The monoisotopic (exact) mass is 301 g/mol. The van der Waals surface area contributed by atoms with Crippen molar-refractivity contribution >= 4 is 11.8 Å². The van der Waals surface area contributed by atoms with Crippen molar-refractivity contribution in [3.8, 4) is 5.75 Å². The van der Waals surface area contributed by atoms with Crippen LogP contribution in [0.5, 0.6) is 5.75 Å². The van der Waals surface area contributed by atoms with Crippen LogP contribution in [0.4, 0.5) is 0 Å². The Morgan fingerprint density at radius 1 is 1.05 bits per heavy atom. The summed E-state index contributed by atoms with van der Waals surface area (Å²) in [5, 5.41) is 0.233. The number of hydrogen-bond donors (Lipinski definition) is 1. The van der Waals surface area contributed by atoms with Crippen molar-refractivity contribution in [3.63, 3.8) is 0 Å². The summed E-state index contributed by atoms with van der Waals surface area (Å²) < 4.78 is 5.22. The van der Waals surface area contributed by atoms with Gasteiger partial charge in [0.05, 0.1) is 7.11 Å². The molecule has 0 radical (unpaired) electrons. The maximum Gasteiger partial charge on any atom is 0.118 e. The van der Waals surface area contributed by atoms with Crippen molar-refractivity contribution in [1.82, 2.24) is 0 Å². The topological polar surface area (TPSA) is 35.2 Å². The molecule has 2 N–H and O–H groups in total. The van der Waals surface area contributed by atoms with E-state index in [2.05, 4.69) is 51.1 Å². The fraction of sp³-hybridized carbons (Fsp3) is 0.333. The summed E-state index contributed by atoms with van der Waals surface area (Å²) in [6, 6.07) is 14.8. The molecular weight excluding hydrogens is 278 g/mol. The Morgan fingerprint density at radius 2 is 1.71 bits per heavy atom. The lowest BCUT2D eigenvalue weighted by Gasteiger charge is -2.22. The van der Waals surface area contributed by atoms with Crippen molar-refractivity contribution < 1.29 is 4.74 Å². The Morgan fingerprint density at radius 3 is 2.29 bits per heavy atom. The van der Waals surface area contributed by atoms with E-state index in [4.69, 9.17) is 10.5 Å². The van der Waals surface area contributed by atoms with E-state index in [9.17, 15) is 0 Å².